The van der Waals surface area contributed by atoms with E-state index in [2.05, 4.69) is 0 Å². The normalized spacial score (nSPS) is 24.7. The van der Waals surface area contributed by atoms with Crippen molar-refractivity contribution in [2.75, 3.05) is 0 Å². The molecule has 0 aliphatic heterocycles. The van der Waals surface area contributed by atoms with E-state index in [-0.39, 0.29) is 18.0 Å². The van der Waals surface area contributed by atoms with Crippen LogP contribution in [0.4, 0.5) is 13.2 Å². The molecule has 0 heterocycles. The number of benzene rings is 1. The Kier molecular flexibility index (Phi) is 3.46. The van der Waals surface area contributed by atoms with Crippen LogP contribution in [0.15, 0.2) is 24.3 Å². The average molecular weight is 298 g/mol. The second-order valence-electron chi connectivity index (χ2n) is 5.94. The Morgan fingerprint density at radius 1 is 1.10 bits per heavy atom. The van der Waals surface area contributed by atoms with Crippen LogP contribution in [0.3, 0.4) is 0 Å². The molecule has 1 aromatic carbocycles. The number of Topliss-reactive ketones (excluding diaryl/α,β-unsaturated/α-hetero) is 1. The maximum atomic E-state index is 13.0. The summed E-state index contributed by atoms with van der Waals surface area (Å²) in [6.07, 6.45) is -0.153. The number of carbonyl (C=O) groups excluding carboxylic acids is 1. The third-order valence-electron chi connectivity index (χ3n) is 4.75. The van der Waals surface area contributed by atoms with Crippen molar-refractivity contribution in [1.82, 2.24) is 0 Å². The number of hydrogen-bond donors (Lipinski definition) is 0. The lowest BCUT2D eigenvalue weighted by atomic mass is 9.57. The predicted octanol–water partition coefficient (Wildman–Crippen LogP) is 4.38. The van der Waals surface area contributed by atoms with E-state index in [0.717, 1.165) is 38.2 Å². The molecule has 114 valence electrons. The number of ketones is 1. The van der Waals surface area contributed by atoms with Crippen molar-refractivity contribution < 1.29 is 22.7 Å². The van der Waals surface area contributed by atoms with E-state index in [1.807, 2.05) is 0 Å². The molecule has 2 saturated carbocycles. The summed E-state index contributed by atoms with van der Waals surface area (Å²) in [4.78, 5) is 12.0. The van der Waals surface area contributed by atoms with Gasteiger partial charge in [-0.3, -0.25) is 4.79 Å². The minimum Gasteiger partial charge on any atom is -0.488 e. The van der Waals surface area contributed by atoms with Crippen LogP contribution < -0.4 is 4.74 Å². The second-order valence-corrected chi connectivity index (χ2v) is 5.94. The quantitative estimate of drug-likeness (QED) is 0.810. The molecule has 2 fully saturated rings. The van der Waals surface area contributed by atoms with E-state index in [1.165, 1.54) is 18.2 Å². The van der Waals surface area contributed by atoms with E-state index >= 15 is 0 Å². The second kappa shape index (κ2) is 5.04. The first-order chi connectivity index (χ1) is 9.93. The first-order valence-corrected chi connectivity index (χ1v) is 7.30. The average Bonchev–Trinajstić information content (AvgIpc) is 2.47. The van der Waals surface area contributed by atoms with Crippen molar-refractivity contribution in [3.8, 4) is 5.75 Å². The topological polar surface area (TPSA) is 26.3 Å². The van der Waals surface area contributed by atoms with Gasteiger partial charge in [-0.15, -0.1) is 0 Å². The summed E-state index contributed by atoms with van der Waals surface area (Å²) in [5, 5.41) is 0. The number of halogens is 3. The first-order valence-electron chi connectivity index (χ1n) is 7.30. The number of para-hydroxylation sites is 1. The van der Waals surface area contributed by atoms with Crippen LogP contribution in [0.2, 0.25) is 0 Å². The minimum atomic E-state index is -4.44. The maximum absolute atomic E-state index is 13.0. The molecule has 0 amide bonds. The zero-order valence-electron chi connectivity index (χ0n) is 11.6. The Labute approximate surface area is 121 Å². The lowest BCUT2D eigenvalue weighted by Gasteiger charge is -2.49. The van der Waals surface area contributed by atoms with E-state index in [0.29, 0.717) is 0 Å². The summed E-state index contributed by atoms with van der Waals surface area (Å²) in [5.74, 6) is -0.0101. The van der Waals surface area contributed by atoms with Crippen molar-refractivity contribution in [2.24, 2.45) is 5.41 Å². The van der Waals surface area contributed by atoms with Crippen molar-refractivity contribution in [1.29, 1.82) is 0 Å². The molecule has 1 spiro atoms. The molecule has 21 heavy (non-hydrogen) atoms. The van der Waals surface area contributed by atoms with Gasteiger partial charge >= 0.3 is 6.18 Å². The number of rotatable bonds is 2. The SMILES string of the molecule is O=C1CC(Oc2ccccc2C(F)(F)F)C12CCCCC2. The molecule has 0 N–H and O–H groups in total. The smallest absolute Gasteiger partial charge is 0.419 e. The van der Waals surface area contributed by atoms with Gasteiger partial charge in [-0.1, -0.05) is 31.4 Å². The van der Waals surface area contributed by atoms with Gasteiger partial charge in [0.1, 0.15) is 17.6 Å². The van der Waals surface area contributed by atoms with Crippen LogP contribution in [-0.2, 0) is 11.0 Å². The van der Waals surface area contributed by atoms with Gasteiger partial charge < -0.3 is 4.74 Å². The Hall–Kier alpha value is -1.52. The van der Waals surface area contributed by atoms with Crippen LogP contribution in [0.1, 0.15) is 44.1 Å². The highest BCUT2D eigenvalue weighted by atomic mass is 19.4. The number of carbonyl (C=O) groups is 1. The molecule has 2 nitrogen and oxygen atoms in total. The predicted molar refractivity (Wildman–Crippen MR) is 71.0 cm³/mol. The molecule has 1 unspecified atom stereocenters. The minimum absolute atomic E-state index is 0.150. The highest BCUT2D eigenvalue weighted by Gasteiger charge is 2.56. The number of alkyl halides is 3. The summed E-state index contributed by atoms with van der Waals surface area (Å²) in [6, 6.07) is 5.22. The van der Waals surface area contributed by atoms with Crippen LogP contribution in [0, 0.1) is 5.41 Å². The number of ether oxygens (including phenoxy) is 1. The molecule has 0 saturated heterocycles. The highest BCUT2D eigenvalue weighted by molar-refractivity contribution is 5.92. The van der Waals surface area contributed by atoms with Gasteiger partial charge in [0.05, 0.1) is 11.0 Å². The molecule has 0 aromatic heterocycles. The molecule has 5 heteroatoms. The Morgan fingerprint density at radius 3 is 2.38 bits per heavy atom. The fourth-order valence-corrected chi connectivity index (χ4v) is 3.51. The third kappa shape index (κ3) is 2.43. The van der Waals surface area contributed by atoms with Crippen LogP contribution in [0.25, 0.3) is 0 Å². The summed E-state index contributed by atoms with van der Waals surface area (Å²) in [7, 11) is 0. The van der Waals surface area contributed by atoms with Gasteiger partial charge in [0, 0.05) is 6.42 Å². The Morgan fingerprint density at radius 2 is 1.76 bits per heavy atom. The van der Waals surface area contributed by atoms with Gasteiger partial charge in [-0.2, -0.15) is 13.2 Å². The molecule has 0 radical (unpaired) electrons. The molecule has 2 aliphatic rings. The molecule has 2 aliphatic carbocycles. The van der Waals surface area contributed by atoms with E-state index < -0.39 is 23.3 Å². The lowest BCUT2D eigenvalue weighted by molar-refractivity contribution is -0.158. The largest absolute Gasteiger partial charge is 0.488 e. The first kappa shape index (κ1) is 14.4. The third-order valence-corrected chi connectivity index (χ3v) is 4.75. The van der Waals surface area contributed by atoms with Crippen LogP contribution in [0.5, 0.6) is 5.75 Å². The standard InChI is InChI=1S/C16H17F3O2/c17-16(18,19)11-6-2-3-7-12(11)21-14-10-13(20)15(14)8-4-1-5-9-15/h2-3,6-7,14H,1,4-5,8-10H2. The summed E-state index contributed by atoms with van der Waals surface area (Å²) >= 11 is 0. The molecule has 0 bridgehead atoms. The summed E-state index contributed by atoms with van der Waals surface area (Å²) in [6.45, 7) is 0. The van der Waals surface area contributed by atoms with Crippen molar-refractivity contribution in [3.63, 3.8) is 0 Å². The molecule has 3 rings (SSSR count). The fraction of sp³-hybridized carbons (Fsp3) is 0.562. The molecule has 1 aromatic rings. The molecule has 1 atom stereocenters. The molecular weight excluding hydrogens is 281 g/mol. The fourth-order valence-electron chi connectivity index (χ4n) is 3.51. The summed E-state index contributed by atoms with van der Waals surface area (Å²) < 4.78 is 44.6. The van der Waals surface area contributed by atoms with Gasteiger partial charge in [0.25, 0.3) is 0 Å². The van der Waals surface area contributed by atoms with Gasteiger partial charge in [0.2, 0.25) is 0 Å². The van der Waals surface area contributed by atoms with E-state index in [4.69, 9.17) is 4.74 Å². The zero-order chi connectivity index (χ0) is 15.1. The van der Waals surface area contributed by atoms with E-state index in [9.17, 15) is 18.0 Å². The van der Waals surface area contributed by atoms with Crippen LogP contribution >= 0.6 is 0 Å². The Bertz CT molecular complexity index is 545. The van der Waals surface area contributed by atoms with Crippen molar-refractivity contribution in [3.05, 3.63) is 29.8 Å². The Balaban J connectivity index is 1.83. The maximum Gasteiger partial charge on any atom is 0.419 e. The monoisotopic (exact) mass is 298 g/mol. The van der Waals surface area contributed by atoms with E-state index in [1.54, 1.807) is 0 Å². The van der Waals surface area contributed by atoms with Gasteiger partial charge in [-0.25, -0.2) is 0 Å². The van der Waals surface area contributed by atoms with Crippen LogP contribution in [-0.4, -0.2) is 11.9 Å². The summed E-state index contributed by atoms with van der Waals surface area (Å²) in [5.41, 5.74) is -1.30. The highest BCUT2D eigenvalue weighted by Crippen LogP contribution is 2.51. The number of hydrogen-bond acceptors (Lipinski definition) is 2. The zero-order valence-corrected chi connectivity index (χ0v) is 11.6. The van der Waals surface area contributed by atoms with Gasteiger partial charge in [-0.05, 0) is 25.0 Å². The lowest BCUT2D eigenvalue weighted by Crippen LogP contribution is -2.57. The van der Waals surface area contributed by atoms with Gasteiger partial charge in [0.15, 0.2) is 0 Å². The van der Waals surface area contributed by atoms with Crippen molar-refractivity contribution >= 4 is 5.78 Å². The molecular formula is C16H17F3O2. The van der Waals surface area contributed by atoms with Crippen molar-refractivity contribution in [2.45, 2.75) is 50.8 Å².